The average Bonchev–Trinajstić information content (AvgIpc) is 2.43. The average molecular weight is 372 g/mol. The van der Waals surface area contributed by atoms with Gasteiger partial charge in [0.15, 0.2) is 5.96 Å². The van der Waals surface area contributed by atoms with E-state index in [1.165, 1.54) is 6.42 Å². The van der Waals surface area contributed by atoms with Gasteiger partial charge in [0, 0.05) is 20.1 Å². The topological polar surface area (TPSA) is 60.2 Å². The number of rotatable bonds is 5. The van der Waals surface area contributed by atoms with Gasteiger partial charge in [-0.15, -0.1) is 24.0 Å². The van der Waals surface area contributed by atoms with Crippen molar-refractivity contribution in [3.8, 4) is 6.07 Å². The number of guanidine groups is 1. The number of hydrogen-bond donors (Lipinski definition) is 2. The Bertz CT molecular complexity index is 420. The highest BCUT2D eigenvalue weighted by Gasteiger charge is 1.97. The SMILES string of the molecule is CCCCNC(=NC)NCc1ccc(C#N)cc1.I. The Morgan fingerprint density at radius 1 is 1.26 bits per heavy atom. The molecule has 0 saturated carbocycles. The Balaban J connectivity index is 0.00000324. The fraction of sp³-hybridized carbons (Fsp3) is 0.429. The molecule has 104 valence electrons. The number of halogens is 1. The molecule has 19 heavy (non-hydrogen) atoms. The van der Waals surface area contributed by atoms with Crippen molar-refractivity contribution >= 4 is 29.9 Å². The highest BCUT2D eigenvalue weighted by atomic mass is 127. The Kier molecular flexibility index (Phi) is 9.90. The van der Waals surface area contributed by atoms with Crippen LogP contribution >= 0.6 is 24.0 Å². The highest BCUT2D eigenvalue weighted by molar-refractivity contribution is 14.0. The first-order chi connectivity index (χ1) is 8.80. The second kappa shape index (κ2) is 10.6. The van der Waals surface area contributed by atoms with E-state index >= 15 is 0 Å². The van der Waals surface area contributed by atoms with E-state index in [4.69, 9.17) is 5.26 Å². The molecule has 5 heteroatoms. The van der Waals surface area contributed by atoms with Crippen molar-refractivity contribution in [3.63, 3.8) is 0 Å². The Morgan fingerprint density at radius 2 is 1.95 bits per heavy atom. The van der Waals surface area contributed by atoms with Gasteiger partial charge < -0.3 is 10.6 Å². The van der Waals surface area contributed by atoms with Crippen molar-refractivity contribution < 1.29 is 0 Å². The number of hydrogen-bond acceptors (Lipinski definition) is 2. The number of nitriles is 1. The molecule has 4 nitrogen and oxygen atoms in total. The van der Waals surface area contributed by atoms with Crippen LogP contribution in [0.1, 0.15) is 30.9 Å². The van der Waals surface area contributed by atoms with E-state index in [1.54, 1.807) is 7.05 Å². The molecule has 1 aromatic rings. The van der Waals surface area contributed by atoms with Gasteiger partial charge in [0.1, 0.15) is 0 Å². The molecule has 0 aliphatic rings. The van der Waals surface area contributed by atoms with Crippen LogP contribution in [0.25, 0.3) is 0 Å². The van der Waals surface area contributed by atoms with Gasteiger partial charge in [-0.05, 0) is 24.1 Å². The first-order valence-corrected chi connectivity index (χ1v) is 6.23. The van der Waals surface area contributed by atoms with Gasteiger partial charge in [0.2, 0.25) is 0 Å². The zero-order valence-corrected chi connectivity index (χ0v) is 13.8. The van der Waals surface area contributed by atoms with E-state index < -0.39 is 0 Å². The number of nitrogens with one attached hydrogen (secondary N) is 2. The molecule has 0 aliphatic carbocycles. The zero-order chi connectivity index (χ0) is 13.2. The summed E-state index contributed by atoms with van der Waals surface area (Å²) in [4.78, 5) is 4.15. The summed E-state index contributed by atoms with van der Waals surface area (Å²) in [7, 11) is 1.76. The van der Waals surface area contributed by atoms with E-state index in [0.29, 0.717) is 12.1 Å². The van der Waals surface area contributed by atoms with Gasteiger partial charge in [-0.1, -0.05) is 25.5 Å². The van der Waals surface area contributed by atoms with Crippen LogP contribution < -0.4 is 10.6 Å². The summed E-state index contributed by atoms with van der Waals surface area (Å²) in [6, 6.07) is 9.65. The maximum atomic E-state index is 8.71. The molecule has 0 bridgehead atoms. The smallest absolute Gasteiger partial charge is 0.191 e. The summed E-state index contributed by atoms with van der Waals surface area (Å²) < 4.78 is 0. The standard InChI is InChI=1S/C14H20N4.HI/c1-3-4-9-17-14(16-2)18-11-13-7-5-12(10-15)6-8-13;/h5-8H,3-4,9,11H2,1-2H3,(H2,16,17,18);1H. The van der Waals surface area contributed by atoms with Gasteiger partial charge in [0.05, 0.1) is 11.6 Å². The second-order valence-electron chi connectivity index (χ2n) is 4.01. The normalized spacial score (nSPS) is 10.3. The Morgan fingerprint density at radius 3 is 2.47 bits per heavy atom. The van der Waals surface area contributed by atoms with Gasteiger partial charge in [-0.3, -0.25) is 4.99 Å². The third kappa shape index (κ3) is 7.01. The maximum absolute atomic E-state index is 8.71. The van der Waals surface area contributed by atoms with Crippen molar-refractivity contribution in [2.24, 2.45) is 4.99 Å². The fourth-order valence-electron chi connectivity index (χ4n) is 1.49. The molecular weight excluding hydrogens is 351 g/mol. The van der Waals surface area contributed by atoms with Crippen LogP contribution in [0.3, 0.4) is 0 Å². The molecule has 0 spiro atoms. The first-order valence-electron chi connectivity index (χ1n) is 6.23. The van der Waals surface area contributed by atoms with Crippen molar-refractivity contribution in [2.45, 2.75) is 26.3 Å². The third-order valence-corrected chi connectivity index (χ3v) is 2.59. The maximum Gasteiger partial charge on any atom is 0.191 e. The fourth-order valence-corrected chi connectivity index (χ4v) is 1.49. The van der Waals surface area contributed by atoms with E-state index in [9.17, 15) is 0 Å². The molecule has 0 unspecified atom stereocenters. The lowest BCUT2D eigenvalue weighted by molar-refractivity contribution is 0.729. The molecule has 1 rings (SSSR count). The van der Waals surface area contributed by atoms with E-state index in [2.05, 4.69) is 28.6 Å². The molecule has 0 heterocycles. The van der Waals surface area contributed by atoms with Gasteiger partial charge in [-0.25, -0.2) is 0 Å². The minimum atomic E-state index is 0. The monoisotopic (exact) mass is 372 g/mol. The minimum Gasteiger partial charge on any atom is -0.356 e. The van der Waals surface area contributed by atoms with Crippen molar-refractivity contribution in [3.05, 3.63) is 35.4 Å². The molecule has 0 aromatic heterocycles. The molecule has 0 radical (unpaired) electrons. The van der Waals surface area contributed by atoms with Crippen LogP contribution in [0.15, 0.2) is 29.3 Å². The summed E-state index contributed by atoms with van der Waals surface area (Å²) >= 11 is 0. The largest absolute Gasteiger partial charge is 0.356 e. The molecule has 2 N–H and O–H groups in total. The quantitative estimate of drug-likeness (QED) is 0.362. The number of aliphatic imine (C=N–C) groups is 1. The second-order valence-corrected chi connectivity index (χ2v) is 4.01. The van der Waals surface area contributed by atoms with Crippen LogP contribution in [0.4, 0.5) is 0 Å². The third-order valence-electron chi connectivity index (χ3n) is 2.59. The zero-order valence-electron chi connectivity index (χ0n) is 11.4. The van der Waals surface area contributed by atoms with Crippen LogP contribution in [-0.4, -0.2) is 19.6 Å². The van der Waals surface area contributed by atoms with Gasteiger partial charge >= 0.3 is 0 Å². The number of nitrogens with zero attached hydrogens (tertiary/aromatic N) is 2. The Hall–Kier alpha value is -1.29. The lowest BCUT2D eigenvalue weighted by Crippen LogP contribution is -2.37. The predicted octanol–water partition coefficient (Wildman–Crippen LogP) is 2.64. The summed E-state index contributed by atoms with van der Waals surface area (Å²) in [5.41, 5.74) is 1.82. The summed E-state index contributed by atoms with van der Waals surface area (Å²) in [6.07, 6.45) is 2.30. The molecule has 1 aromatic carbocycles. The molecule has 0 aliphatic heterocycles. The minimum absolute atomic E-state index is 0. The molecule has 0 fully saturated rings. The van der Waals surface area contributed by atoms with Crippen molar-refractivity contribution in [2.75, 3.05) is 13.6 Å². The van der Waals surface area contributed by atoms with Gasteiger partial charge in [0.25, 0.3) is 0 Å². The molecular formula is C14H21IN4. The van der Waals surface area contributed by atoms with Crippen LogP contribution in [-0.2, 0) is 6.54 Å². The van der Waals surface area contributed by atoms with Gasteiger partial charge in [-0.2, -0.15) is 5.26 Å². The van der Waals surface area contributed by atoms with Crippen molar-refractivity contribution in [1.82, 2.24) is 10.6 Å². The predicted molar refractivity (Wildman–Crippen MR) is 89.7 cm³/mol. The van der Waals surface area contributed by atoms with Crippen LogP contribution in [0.5, 0.6) is 0 Å². The lowest BCUT2D eigenvalue weighted by atomic mass is 10.1. The van der Waals surface area contributed by atoms with E-state index in [1.807, 2.05) is 24.3 Å². The number of benzene rings is 1. The van der Waals surface area contributed by atoms with E-state index in [0.717, 1.165) is 24.5 Å². The van der Waals surface area contributed by atoms with Crippen LogP contribution in [0.2, 0.25) is 0 Å². The highest BCUT2D eigenvalue weighted by Crippen LogP contribution is 2.02. The van der Waals surface area contributed by atoms with Crippen LogP contribution in [0, 0.1) is 11.3 Å². The molecule has 0 atom stereocenters. The number of unbranched alkanes of at least 4 members (excludes halogenated alkanes) is 1. The molecule has 0 saturated heterocycles. The lowest BCUT2D eigenvalue weighted by Gasteiger charge is -2.11. The Labute approximate surface area is 132 Å². The summed E-state index contributed by atoms with van der Waals surface area (Å²) in [5, 5.41) is 15.2. The first kappa shape index (κ1) is 17.7. The van der Waals surface area contributed by atoms with E-state index in [-0.39, 0.29) is 24.0 Å². The summed E-state index contributed by atoms with van der Waals surface area (Å²) in [5.74, 6) is 0.813. The van der Waals surface area contributed by atoms with Crippen molar-refractivity contribution in [1.29, 1.82) is 5.26 Å². The molecule has 0 amide bonds. The summed E-state index contributed by atoms with van der Waals surface area (Å²) in [6.45, 7) is 3.80.